The molecule has 0 aromatic rings. The van der Waals surface area contributed by atoms with E-state index in [1.54, 1.807) is 0 Å². The van der Waals surface area contributed by atoms with Gasteiger partial charge in [-0.15, -0.1) is 0 Å². The molecule has 0 unspecified atom stereocenters. The van der Waals surface area contributed by atoms with Crippen molar-refractivity contribution in [2.45, 2.75) is 13.3 Å². The molecule has 0 heterocycles. The van der Waals surface area contributed by atoms with Crippen LogP contribution in [0.3, 0.4) is 0 Å². The van der Waals surface area contributed by atoms with Gasteiger partial charge in [-0.05, 0) is 12.3 Å². The van der Waals surface area contributed by atoms with Gasteiger partial charge in [-0.1, -0.05) is 6.92 Å². The van der Waals surface area contributed by atoms with E-state index in [2.05, 4.69) is 0 Å². The first kappa shape index (κ1) is 12.1. The zero-order valence-electron chi connectivity index (χ0n) is 5.76. The molecule has 0 aliphatic rings. The molecule has 0 saturated heterocycles. The minimum absolute atomic E-state index is 0. The van der Waals surface area contributed by atoms with E-state index in [9.17, 15) is 9.90 Å². The Hall–Kier alpha value is 0.430. The van der Waals surface area contributed by atoms with E-state index in [1.165, 1.54) is 6.92 Å². The second kappa shape index (κ2) is 6.55. The second-order valence-corrected chi connectivity index (χ2v) is 1.73. The van der Waals surface area contributed by atoms with Gasteiger partial charge in [-0.2, -0.15) is 0 Å². The van der Waals surface area contributed by atoms with Gasteiger partial charge in [0.05, 0.1) is 0 Å². The number of aliphatic hydroxyl groups is 1. The molecule has 0 rings (SSSR count). The molecular weight excluding hydrogens is 131 g/mol. The zero-order chi connectivity index (χ0) is 6.57. The van der Waals surface area contributed by atoms with Gasteiger partial charge < -0.3 is 15.0 Å². The van der Waals surface area contributed by atoms with Gasteiger partial charge in [0, 0.05) is 12.6 Å². The Morgan fingerprint density at radius 3 is 2.33 bits per heavy atom. The molecule has 0 saturated carbocycles. The average Bonchev–Trinajstić information content (AvgIpc) is 1.67. The number of hydrogen-bond donors (Lipinski definition) is 1. The maximum atomic E-state index is 9.87. The Labute approximate surface area is 76.4 Å². The quantitative estimate of drug-likeness (QED) is 0.404. The summed E-state index contributed by atoms with van der Waals surface area (Å²) in [4.78, 5) is 9.87. The Kier molecular flexibility index (Phi) is 8.83. The van der Waals surface area contributed by atoms with E-state index in [0.29, 0.717) is 0 Å². The Morgan fingerprint density at radius 1 is 1.78 bits per heavy atom. The minimum Gasteiger partial charge on any atom is -0.550 e. The van der Waals surface area contributed by atoms with Crippen molar-refractivity contribution in [3.05, 3.63) is 0 Å². The van der Waals surface area contributed by atoms with Crippen LogP contribution in [-0.4, -0.2) is 17.7 Å². The van der Waals surface area contributed by atoms with Gasteiger partial charge in [0.25, 0.3) is 0 Å². The summed E-state index contributed by atoms with van der Waals surface area (Å²) in [5.74, 6) is -1.63. The van der Waals surface area contributed by atoms with E-state index in [0.717, 1.165) is 0 Å². The summed E-state index contributed by atoms with van der Waals surface area (Å²) in [6, 6.07) is 0. The largest absolute Gasteiger partial charge is 1.00 e. The second-order valence-electron chi connectivity index (χ2n) is 1.73. The number of carboxylic acids is 1. The fraction of sp³-hybridized carbons (Fsp3) is 0.800. The predicted molar refractivity (Wildman–Crippen MR) is 25.9 cm³/mol. The molecule has 0 aliphatic carbocycles. The molecule has 9 heavy (non-hydrogen) atoms. The number of carbonyl (C=O) groups excluding carboxylic acids is 1. The molecule has 1 N–H and O–H groups in total. The molecule has 48 valence electrons. The third-order valence-corrected chi connectivity index (χ3v) is 0.964. The van der Waals surface area contributed by atoms with Crippen LogP contribution in [0.1, 0.15) is 13.3 Å². The van der Waals surface area contributed by atoms with Crippen LogP contribution in [0.15, 0.2) is 0 Å². The molecule has 0 fully saturated rings. The van der Waals surface area contributed by atoms with Gasteiger partial charge >= 0.3 is 29.6 Å². The molecule has 3 nitrogen and oxygen atoms in total. The summed E-state index contributed by atoms with van der Waals surface area (Å²) in [5.41, 5.74) is 0. The first-order chi connectivity index (χ1) is 3.68. The summed E-state index contributed by atoms with van der Waals surface area (Å²) in [6.07, 6.45) is 0.280. The molecule has 1 atom stereocenters. The molecular formula is C5H9NaO3. The molecule has 0 radical (unpaired) electrons. The van der Waals surface area contributed by atoms with E-state index in [1.807, 2.05) is 0 Å². The van der Waals surface area contributed by atoms with Crippen molar-refractivity contribution in [2.24, 2.45) is 5.92 Å². The van der Waals surface area contributed by atoms with Crippen LogP contribution in [0, 0.1) is 5.92 Å². The van der Waals surface area contributed by atoms with E-state index in [4.69, 9.17) is 5.11 Å². The Balaban J connectivity index is 0. The first-order valence-corrected chi connectivity index (χ1v) is 2.50. The number of hydrogen-bond acceptors (Lipinski definition) is 3. The monoisotopic (exact) mass is 140 g/mol. The number of rotatable bonds is 3. The number of carboxylic acid groups (broad SMARTS) is 1. The summed E-state index contributed by atoms with van der Waals surface area (Å²) >= 11 is 0. The van der Waals surface area contributed by atoms with E-state index < -0.39 is 11.9 Å². The maximum absolute atomic E-state index is 9.87. The molecule has 0 aromatic heterocycles. The summed E-state index contributed by atoms with van der Waals surface area (Å²) in [6.45, 7) is 1.42. The van der Waals surface area contributed by atoms with Crippen LogP contribution in [0.4, 0.5) is 0 Å². The number of aliphatic carboxylic acids is 1. The van der Waals surface area contributed by atoms with Crippen molar-refractivity contribution in [2.75, 3.05) is 6.61 Å². The summed E-state index contributed by atoms with van der Waals surface area (Å²) in [5, 5.41) is 18.1. The normalized spacial score (nSPS) is 11.8. The molecule has 0 bridgehead atoms. The van der Waals surface area contributed by atoms with Crippen molar-refractivity contribution < 1.29 is 44.6 Å². The van der Waals surface area contributed by atoms with E-state index >= 15 is 0 Å². The number of aliphatic hydroxyl groups excluding tert-OH is 1. The van der Waals surface area contributed by atoms with Crippen LogP contribution in [0.2, 0.25) is 0 Å². The third-order valence-electron chi connectivity index (χ3n) is 0.964. The van der Waals surface area contributed by atoms with Crippen LogP contribution >= 0.6 is 0 Å². The van der Waals surface area contributed by atoms with Gasteiger partial charge in [0.2, 0.25) is 0 Å². The van der Waals surface area contributed by atoms with Gasteiger partial charge in [0.1, 0.15) is 0 Å². The van der Waals surface area contributed by atoms with Crippen molar-refractivity contribution in [3.8, 4) is 0 Å². The van der Waals surface area contributed by atoms with Crippen LogP contribution in [-0.2, 0) is 4.79 Å². The summed E-state index contributed by atoms with van der Waals surface area (Å²) < 4.78 is 0. The van der Waals surface area contributed by atoms with Crippen LogP contribution in [0.5, 0.6) is 0 Å². The van der Waals surface area contributed by atoms with Gasteiger partial charge in [-0.25, -0.2) is 0 Å². The van der Waals surface area contributed by atoms with Crippen molar-refractivity contribution in [1.82, 2.24) is 0 Å². The van der Waals surface area contributed by atoms with Crippen LogP contribution < -0.4 is 34.7 Å². The Bertz CT molecular complexity index is 84.3. The van der Waals surface area contributed by atoms with Gasteiger partial charge in [0.15, 0.2) is 0 Å². The fourth-order valence-electron chi connectivity index (χ4n) is 0.312. The molecule has 4 heteroatoms. The molecule has 0 aromatic carbocycles. The fourth-order valence-corrected chi connectivity index (χ4v) is 0.312. The first-order valence-electron chi connectivity index (χ1n) is 2.50. The molecule has 0 amide bonds. The number of carbonyl (C=O) groups is 1. The Morgan fingerprint density at radius 2 is 2.22 bits per heavy atom. The zero-order valence-corrected chi connectivity index (χ0v) is 7.76. The van der Waals surface area contributed by atoms with Crippen molar-refractivity contribution in [1.29, 1.82) is 0 Å². The molecule has 0 spiro atoms. The van der Waals surface area contributed by atoms with Crippen LogP contribution in [0.25, 0.3) is 0 Å². The van der Waals surface area contributed by atoms with Gasteiger partial charge in [-0.3, -0.25) is 0 Å². The average molecular weight is 140 g/mol. The standard InChI is InChI=1S/C5H10O3.Na/c1-4(2-3-6)5(7)8;/h4,6H,2-3H2,1H3,(H,7,8);/q;+1/p-1/t4-;/m1./s1. The van der Waals surface area contributed by atoms with Crippen molar-refractivity contribution in [3.63, 3.8) is 0 Å². The summed E-state index contributed by atoms with van der Waals surface area (Å²) in [7, 11) is 0. The predicted octanol–water partition coefficient (Wildman–Crippen LogP) is -4.24. The molecule has 0 aliphatic heterocycles. The smallest absolute Gasteiger partial charge is 0.550 e. The maximum Gasteiger partial charge on any atom is 1.00 e. The topological polar surface area (TPSA) is 60.4 Å². The SMILES string of the molecule is C[C@H](CCO)C(=O)[O-].[Na+]. The minimum atomic E-state index is -1.10. The third kappa shape index (κ3) is 6.31. The van der Waals surface area contributed by atoms with Crippen molar-refractivity contribution >= 4 is 5.97 Å². The van der Waals surface area contributed by atoms with E-state index in [-0.39, 0.29) is 42.6 Å².